The molecule has 3 heteroatoms. The maximum absolute atomic E-state index is 5.73. The fourth-order valence-electron chi connectivity index (χ4n) is 1.99. The molecule has 94 valence electrons. The van der Waals surface area contributed by atoms with Gasteiger partial charge in [0.05, 0.1) is 19.3 Å². The van der Waals surface area contributed by atoms with Crippen LogP contribution in [0.5, 0.6) is 0 Å². The van der Waals surface area contributed by atoms with Crippen LogP contribution in [0.15, 0.2) is 12.2 Å². The highest BCUT2D eigenvalue weighted by molar-refractivity contribution is 4.83. The number of likely N-dealkylation sites (tertiary alicyclic amines) is 1. The maximum atomic E-state index is 5.73. The molecule has 2 unspecified atom stereocenters. The predicted octanol–water partition coefficient (Wildman–Crippen LogP) is 2.43. The average molecular weight is 227 g/mol. The maximum Gasteiger partial charge on any atom is 0.107 e. The molecular formula is C13H25NO2. The monoisotopic (exact) mass is 227 g/mol. The van der Waals surface area contributed by atoms with E-state index in [1.54, 1.807) is 0 Å². The first kappa shape index (κ1) is 13.7. The first-order valence-corrected chi connectivity index (χ1v) is 6.34. The van der Waals surface area contributed by atoms with E-state index < -0.39 is 0 Å². The van der Waals surface area contributed by atoms with Crippen LogP contribution < -0.4 is 0 Å². The third kappa shape index (κ3) is 5.10. The van der Waals surface area contributed by atoms with Crippen LogP contribution in [-0.4, -0.2) is 43.5 Å². The lowest BCUT2D eigenvalue weighted by Crippen LogP contribution is -2.33. The van der Waals surface area contributed by atoms with Gasteiger partial charge in [0.2, 0.25) is 0 Å². The molecule has 0 aromatic heterocycles. The molecule has 1 rings (SSSR count). The molecule has 0 N–H and O–H groups in total. The molecule has 0 aromatic rings. The lowest BCUT2D eigenvalue weighted by Gasteiger charge is -2.23. The molecule has 0 amide bonds. The van der Waals surface area contributed by atoms with E-state index in [9.17, 15) is 0 Å². The van der Waals surface area contributed by atoms with E-state index in [0.717, 1.165) is 0 Å². The van der Waals surface area contributed by atoms with Gasteiger partial charge in [-0.05, 0) is 33.6 Å². The van der Waals surface area contributed by atoms with Gasteiger partial charge >= 0.3 is 0 Å². The SMILES string of the molecule is C/C=C\C(C)OCCOC(C)N1CCCC1. The third-order valence-electron chi connectivity index (χ3n) is 2.94. The zero-order chi connectivity index (χ0) is 11.8. The van der Waals surface area contributed by atoms with Crippen molar-refractivity contribution in [1.82, 2.24) is 4.90 Å². The molecule has 0 aromatic carbocycles. The summed E-state index contributed by atoms with van der Waals surface area (Å²) >= 11 is 0. The van der Waals surface area contributed by atoms with Crippen molar-refractivity contribution in [2.45, 2.75) is 45.9 Å². The van der Waals surface area contributed by atoms with Gasteiger partial charge in [-0.1, -0.05) is 12.2 Å². The molecule has 1 aliphatic rings. The molecule has 0 spiro atoms. The zero-order valence-electron chi connectivity index (χ0n) is 10.8. The van der Waals surface area contributed by atoms with Crippen LogP contribution >= 0.6 is 0 Å². The summed E-state index contributed by atoms with van der Waals surface area (Å²) < 4.78 is 11.3. The summed E-state index contributed by atoms with van der Waals surface area (Å²) in [6.07, 6.45) is 7.10. The standard InChI is InChI=1S/C13H25NO2/c1-4-7-12(2)15-10-11-16-13(3)14-8-5-6-9-14/h4,7,12-13H,5-6,8-11H2,1-3H3/b7-4-. The Kier molecular flexibility index (Phi) is 6.69. The van der Waals surface area contributed by atoms with Crippen LogP contribution in [0.1, 0.15) is 33.6 Å². The van der Waals surface area contributed by atoms with Crippen LogP contribution in [0, 0.1) is 0 Å². The van der Waals surface area contributed by atoms with Crippen molar-refractivity contribution in [2.75, 3.05) is 26.3 Å². The number of nitrogens with zero attached hydrogens (tertiary/aromatic N) is 1. The second-order valence-corrected chi connectivity index (χ2v) is 4.31. The fraction of sp³-hybridized carbons (Fsp3) is 0.846. The average Bonchev–Trinajstić information content (AvgIpc) is 2.78. The van der Waals surface area contributed by atoms with E-state index in [1.807, 2.05) is 26.0 Å². The van der Waals surface area contributed by atoms with Crippen molar-refractivity contribution >= 4 is 0 Å². The summed E-state index contributed by atoms with van der Waals surface area (Å²) in [5, 5.41) is 0. The van der Waals surface area contributed by atoms with Gasteiger partial charge in [0.15, 0.2) is 0 Å². The highest BCUT2D eigenvalue weighted by Gasteiger charge is 2.17. The molecule has 1 heterocycles. The van der Waals surface area contributed by atoms with Crippen LogP contribution in [0.2, 0.25) is 0 Å². The zero-order valence-corrected chi connectivity index (χ0v) is 10.8. The first-order valence-electron chi connectivity index (χ1n) is 6.34. The fourth-order valence-corrected chi connectivity index (χ4v) is 1.99. The summed E-state index contributed by atoms with van der Waals surface area (Å²) in [5.41, 5.74) is 0. The Morgan fingerprint density at radius 3 is 2.38 bits per heavy atom. The molecule has 0 aliphatic carbocycles. The molecule has 0 saturated carbocycles. The number of hydrogen-bond donors (Lipinski definition) is 0. The number of allylic oxidation sites excluding steroid dienone is 1. The van der Waals surface area contributed by atoms with Crippen molar-refractivity contribution in [1.29, 1.82) is 0 Å². The Labute approximate surface area is 99.4 Å². The highest BCUT2D eigenvalue weighted by Crippen LogP contribution is 2.11. The number of hydrogen-bond acceptors (Lipinski definition) is 3. The normalized spacial score (nSPS) is 21.7. The van der Waals surface area contributed by atoms with Gasteiger partial charge in [0.1, 0.15) is 6.23 Å². The topological polar surface area (TPSA) is 21.7 Å². The van der Waals surface area contributed by atoms with Crippen molar-refractivity contribution in [3.63, 3.8) is 0 Å². The quantitative estimate of drug-likeness (QED) is 0.492. The van der Waals surface area contributed by atoms with Crippen molar-refractivity contribution in [3.8, 4) is 0 Å². The largest absolute Gasteiger partial charge is 0.372 e. The smallest absolute Gasteiger partial charge is 0.107 e. The van der Waals surface area contributed by atoms with E-state index in [2.05, 4.69) is 11.8 Å². The van der Waals surface area contributed by atoms with Crippen LogP contribution in [-0.2, 0) is 9.47 Å². The van der Waals surface area contributed by atoms with E-state index in [1.165, 1.54) is 25.9 Å². The summed E-state index contributed by atoms with van der Waals surface area (Å²) in [7, 11) is 0. The lowest BCUT2D eigenvalue weighted by molar-refractivity contribution is -0.0621. The van der Waals surface area contributed by atoms with Crippen LogP contribution in [0.4, 0.5) is 0 Å². The summed E-state index contributed by atoms with van der Waals surface area (Å²) in [6.45, 7) is 9.88. The second-order valence-electron chi connectivity index (χ2n) is 4.31. The van der Waals surface area contributed by atoms with Crippen molar-refractivity contribution in [2.24, 2.45) is 0 Å². The minimum atomic E-state index is 0.190. The predicted molar refractivity (Wildman–Crippen MR) is 66.4 cm³/mol. The van der Waals surface area contributed by atoms with Gasteiger partial charge in [0, 0.05) is 13.1 Å². The van der Waals surface area contributed by atoms with Crippen molar-refractivity contribution in [3.05, 3.63) is 12.2 Å². The number of rotatable bonds is 7. The Morgan fingerprint density at radius 1 is 1.12 bits per heavy atom. The number of ether oxygens (including phenoxy) is 2. The molecular weight excluding hydrogens is 202 g/mol. The van der Waals surface area contributed by atoms with E-state index in [-0.39, 0.29) is 12.3 Å². The van der Waals surface area contributed by atoms with E-state index >= 15 is 0 Å². The van der Waals surface area contributed by atoms with Gasteiger partial charge < -0.3 is 9.47 Å². The van der Waals surface area contributed by atoms with Gasteiger partial charge in [0.25, 0.3) is 0 Å². The van der Waals surface area contributed by atoms with Gasteiger partial charge in [-0.3, -0.25) is 4.90 Å². The van der Waals surface area contributed by atoms with Gasteiger partial charge in [-0.25, -0.2) is 0 Å². The minimum absolute atomic E-state index is 0.190. The minimum Gasteiger partial charge on any atom is -0.372 e. The molecule has 1 aliphatic heterocycles. The third-order valence-corrected chi connectivity index (χ3v) is 2.94. The van der Waals surface area contributed by atoms with E-state index in [0.29, 0.717) is 13.2 Å². The van der Waals surface area contributed by atoms with Crippen LogP contribution in [0.25, 0.3) is 0 Å². The summed E-state index contributed by atoms with van der Waals surface area (Å²) in [6, 6.07) is 0. The van der Waals surface area contributed by atoms with Crippen LogP contribution in [0.3, 0.4) is 0 Å². The molecule has 0 radical (unpaired) electrons. The van der Waals surface area contributed by atoms with Crippen molar-refractivity contribution < 1.29 is 9.47 Å². The Bertz CT molecular complexity index is 200. The first-order chi connectivity index (χ1) is 7.74. The second kappa shape index (κ2) is 7.82. The Balaban J connectivity index is 2.01. The Hall–Kier alpha value is -0.380. The highest BCUT2D eigenvalue weighted by atomic mass is 16.5. The molecule has 16 heavy (non-hydrogen) atoms. The molecule has 1 fully saturated rings. The molecule has 2 atom stereocenters. The lowest BCUT2D eigenvalue weighted by atomic mass is 10.4. The molecule has 0 bridgehead atoms. The molecule has 1 saturated heterocycles. The summed E-state index contributed by atoms with van der Waals surface area (Å²) in [5.74, 6) is 0. The Morgan fingerprint density at radius 2 is 1.75 bits per heavy atom. The van der Waals surface area contributed by atoms with Gasteiger partial charge in [-0.15, -0.1) is 0 Å². The summed E-state index contributed by atoms with van der Waals surface area (Å²) in [4.78, 5) is 2.38. The van der Waals surface area contributed by atoms with E-state index in [4.69, 9.17) is 9.47 Å². The van der Waals surface area contributed by atoms with Gasteiger partial charge in [-0.2, -0.15) is 0 Å². The molecule has 3 nitrogen and oxygen atoms in total.